The van der Waals surface area contributed by atoms with E-state index < -0.39 is 12.0 Å². The van der Waals surface area contributed by atoms with Gasteiger partial charge in [0.15, 0.2) is 0 Å². The van der Waals surface area contributed by atoms with Crippen molar-refractivity contribution in [3.63, 3.8) is 0 Å². The van der Waals surface area contributed by atoms with E-state index in [0.717, 1.165) is 16.7 Å². The first kappa shape index (κ1) is 17.6. The minimum Gasteiger partial charge on any atom is -0.392 e. The van der Waals surface area contributed by atoms with E-state index >= 15 is 0 Å². The number of Topliss-reactive ketones (excluding diaryl/α,β-unsaturated/α-hetero) is 1. The van der Waals surface area contributed by atoms with Crippen LogP contribution in [0.15, 0.2) is 24.3 Å². The predicted molar refractivity (Wildman–Crippen MR) is 82.8 cm³/mol. The molecule has 0 radical (unpaired) electrons. The van der Waals surface area contributed by atoms with Crippen LogP contribution in [0.5, 0.6) is 0 Å². The quantitative estimate of drug-likeness (QED) is 0.717. The molecule has 3 atom stereocenters. The van der Waals surface area contributed by atoms with E-state index in [9.17, 15) is 15.0 Å². The molecule has 4 heteroatoms. The Bertz CT molecular complexity index is 508. The number of hydrogen-bond acceptors (Lipinski definition) is 4. The normalized spacial score (nSPS) is 15.9. The number of carbonyl (C=O) groups excluding carboxylic acids is 1. The maximum Gasteiger partial charge on any atom is 0.135 e. The van der Waals surface area contributed by atoms with Crippen molar-refractivity contribution in [3.05, 3.63) is 41.0 Å². The van der Waals surface area contributed by atoms with Crippen LogP contribution in [0.4, 0.5) is 0 Å². The van der Waals surface area contributed by atoms with Crippen molar-refractivity contribution < 1.29 is 20.1 Å². The van der Waals surface area contributed by atoms with E-state index in [0.29, 0.717) is 0 Å². The van der Waals surface area contributed by atoms with Crippen LogP contribution in [0.1, 0.15) is 43.4 Å². The first-order valence-corrected chi connectivity index (χ1v) is 7.12. The van der Waals surface area contributed by atoms with Crippen LogP contribution in [0.3, 0.4) is 0 Å². The maximum atomic E-state index is 11.4. The van der Waals surface area contributed by atoms with Gasteiger partial charge in [-0.05, 0) is 29.7 Å². The lowest BCUT2D eigenvalue weighted by molar-refractivity contribution is -0.123. The molecule has 0 bridgehead atoms. The fraction of sp³-hybridized carbons (Fsp3) is 0.471. The highest BCUT2D eigenvalue weighted by atomic mass is 16.3. The van der Waals surface area contributed by atoms with Gasteiger partial charge in [-0.2, -0.15) is 0 Å². The third-order valence-corrected chi connectivity index (χ3v) is 3.89. The molecule has 0 aromatic heterocycles. The molecule has 0 amide bonds. The van der Waals surface area contributed by atoms with Crippen LogP contribution >= 0.6 is 0 Å². The van der Waals surface area contributed by atoms with E-state index in [4.69, 9.17) is 5.11 Å². The highest BCUT2D eigenvalue weighted by Gasteiger charge is 2.26. The largest absolute Gasteiger partial charge is 0.392 e. The van der Waals surface area contributed by atoms with Gasteiger partial charge in [-0.25, -0.2) is 0 Å². The van der Waals surface area contributed by atoms with Gasteiger partial charge in [0.2, 0.25) is 0 Å². The summed E-state index contributed by atoms with van der Waals surface area (Å²) in [6.07, 6.45) is 2.59. The summed E-state index contributed by atoms with van der Waals surface area (Å²) in [6, 6.07) is 5.47. The Morgan fingerprint density at radius 2 is 1.95 bits per heavy atom. The third-order valence-electron chi connectivity index (χ3n) is 3.89. The minimum absolute atomic E-state index is 0.0474. The van der Waals surface area contributed by atoms with Crippen LogP contribution in [-0.4, -0.2) is 33.8 Å². The Morgan fingerprint density at radius 3 is 2.48 bits per heavy atom. The Hall–Kier alpha value is -1.49. The lowest BCUT2D eigenvalue weighted by Gasteiger charge is -2.25. The number of ketones is 1. The summed E-state index contributed by atoms with van der Waals surface area (Å²) in [5.74, 6) is -0.712. The number of aliphatic hydroxyl groups excluding tert-OH is 3. The molecule has 116 valence electrons. The Balaban J connectivity index is 3.15. The van der Waals surface area contributed by atoms with Gasteiger partial charge < -0.3 is 15.3 Å². The third kappa shape index (κ3) is 4.49. The monoisotopic (exact) mass is 292 g/mol. The van der Waals surface area contributed by atoms with Crippen molar-refractivity contribution in [1.29, 1.82) is 0 Å². The van der Waals surface area contributed by atoms with Gasteiger partial charge in [0, 0.05) is 11.8 Å². The average molecular weight is 292 g/mol. The molecule has 0 aliphatic carbocycles. The van der Waals surface area contributed by atoms with E-state index in [-0.39, 0.29) is 24.9 Å². The zero-order chi connectivity index (χ0) is 16.0. The standard InChI is InChI=1S/C17H24O4/c1-11(13(3)20)17(21)12(2)16-7-6-14(10-19)9-15(16)5-4-8-18/h4-7,9,11-12,17-19,21H,8,10H2,1-3H3/t11-,12+,17+/m1/s1. The molecule has 0 unspecified atom stereocenters. The van der Waals surface area contributed by atoms with Gasteiger partial charge in [0.05, 0.1) is 19.3 Å². The van der Waals surface area contributed by atoms with Crippen LogP contribution in [0, 0.1) is 5.92 Å². The second-order valence-electron chi connectivity index (χ2n) is 5.38. The summed E-state index contributed by atoms with van der Waals surface area (Å²) in [6.45, 7) is 4.91. The maximum absolute atomic E-state index is 11.4. The number of carbonyl (C=O) groups is 1. The summed E-state index contributed by atoms with van der Waals surface area (Å²) in [4.78, 5) is 11.4. The second-order valence-corrected chi connectivity index (χ2v) is 5.38. The number of hydrogen-bond donors (Lipinski definition) is 3. The summed E-state index contributed by atoms with van der Waals surface area (Å²) in [7, 11) is 0. The first-order chi connectivity index (χ1) is 9.92. The van der Waals surface area contributed by atoms with E-state index in [1.54, 1.807) is 25.1 Å². The Labute approximate surface area is 125 Å². The molecule has 1 aromatic carbocycles. The second kappa shape index (κ2) is 8.08. The Morgan fingerprint density at radius 1 is 1.29 bits per heavy atom. The van der Waals surface area contributed by atoms with Crippen molar-refractivity contribution in [1.82, 2.24) is 0 Å². The molecule has 0 aliphatic rings. The van der Waals surface area contributed by atoms with Crippen molar-refractivity contribution in [2.24, 2.45) is 5.92 Å². The highest BCUT2D eigenvalue weighted by molar-refractivity contribution is 5.78. The molecule has 0 saturated heterocycles. The lowest BCUT2D eigenvalue weighted by atomic mass is 9.83. The molecule has 3 N–H and O–H groups in total. The zero-order valence-corrected chi connectivity index (χ0v) is 12.8. The molecule has 0 spiro atoms. The smallest absolute Gasteiger partial charge is 0.135 e. The lowest BCUT2D eigenvalue weighted by Crippen LogP contribution is -2.29. The van der Waals surface area contributed by atoms with Gasteiger partial charge in [-0.3, -0.25) is 4.79 Å². The summed E-state index contributed by atoms with van der Waals surface area (Å²) in [5, 5.41) is 28.5. The molecular formula is C17H24O4. The van der Waals surface area contributed by atoms with Gasteiger partial charge in [0.25, 0.3) is 0 Å². The molecule has 4 nitrogen and oxygen atoms in total. The topological polar surface area (TPSA) is 77.8 Å². The Kier molecular flexibility index (Phi) is 6.75. The van der Waals surface area contributed by atoms with Crippen molar-refractivity contribution >= 4 is 11.9 Å². The number of rotatable bonds is 7. The molecule has 0 fully saturated rings. The molecule has 1 aromatic rings. The van der Waals surface area contributed by atoms with Crippen LogP contribution in [0.2, 0.25) is 0 Å². The highest BCUT2D eigenvalue weighted by Crippen LogP contribution is 2.29. The van der Waals surface area contributed by atoms with Gasteiger partial charge in [0.1, 0.15) is 5.78 Å². The van der Waals surface area contributed by atoms with Crippen LogP contribution < -0.4 is 0 Å². The summed E-state index contributed by atoms with van der Waals surface area (Å²) < 4.78 is 0. The molecule has 21 heavy (non-hydrogen) atoms. The number of aliphatic hydroxyl groups is 3. The van der Waals surface area contributed by atoms with Gasteiger partial charge >= 0.3 is 0 Å². The van der Waals surface area contributed by atoms with Crippen molar-refractivity contribution in [2.45, 2.75) is 39.4 Å². The number of benzene rings is 1. The molecule has 0 aliphatic heterocycles. The van der Waals surface area contributed by atoms with Gasteiger partial charge in [-0.15, -0.1) is 0 Å². The first-order valence-electron chi connectivity index (χ1n) is 7.12. The summed E-state index contributed by atoms with van der Waals surface area (Å²) >= 11 is 0. The average Bonchev–Trinajstić information content (AvgIpc) is 2.50. The van der Waals surface area contributed by atoms with Crippen molar-refractivity contribution in [3.8, 4) is 0 Å². The molecule has 1 rings (SSSR count). The fourth-order valence-corrected chi connectivity index (χ4v) is 2.32. The van der Waals surface area contributed by atoms with Crippen molar-refractivity contribution in [2.75, 3.05) is 6.61 Å². The van der Waals surface area contributed by atoms with Gasteiger partial charge in [-0.1, -0.05) is 38.1 Å². The molecule has 0 saturated carbocycles. The van der Waals surface area contributed by atoms with Crippen LogP contribution in [-0.2, 0) is 11.4 Å². The summed E-state index contributed by atoms with van der Waals surface area (Å²) in [5.41, 5.74) is 2.48. The minimum atomic E-state index is -0.774. The molecular weight excluding hydrogens is 268 g/mol. The van der Waals surface area contributed by atoms with Crippen LogP contribution in [0.25, 0.3) is 6.08 Å². The van der Waals surface area contributed by atoms with E-state index in [2.05, 4.69) is 0 Å². The zero-order valence-electron chi connectivity index (χ0n) is 12.8. The SMILES string of the molecule is CC(=O)[C@@H](C)[C@H](O)[C@@H](C)c1ccc(CO)cc1C=CCO. The van der Waals surface area contributed by atoms with E-state index in [1.165, 1.54) is 6.92 Å². The fourth-order valence-electron chi connectivity index (χ4n) is 2.32. The molecule has 0 heterocycles. The predicted octanol–water partition coefficient (Wildman–Crippen LogP) is 1.87. The van der Waals surface area contributed by atoms with E-state index in [1.807, 2.05) is 19.1 Å².